The number of anilines is 1. The Morgan fingerprint density at radius 1 is 1.47 bits per heavy atom. The van der Waals surface area contributed by atoms with Crippen LogP contribution >= 0.6 is 11.6 Å². The maximum atomic E-state index is 6.10. The molecule has 0 saturated carbocycles. The van der Waals surface area contributed by atoms with Gasteiger partial charge in [0, 0.05) is 37.5 Å². The van der Waals surface area contributed by atoms with Crippen LogP contribution in [0.4, 0.5) is 5.69 Å². The molecule has 1 aromatic rings. The van der Waals surface area contributed by atoms with Crippen molar-refractivity contribution in [1.82, 2.24) is 5.32 Å². The van der Waals surface area contributed by atoms with Crippen LogP contribution < -0.4 is 10.2 Å². The zero-order valence-electron chi connectivity index (χ0n) is 12.0. The van der Waals surface area contributed by atoms with Crippen LogP contribution in [0.2, 0.25) is 5.02 Å². The standard InChI is InChI=1S/C15H23ClN2O/c1-15(19-3)7-4-8-18(11-15)14-6-5-13(16)9-12(14)10-17-2/h5-6,9,17H,4,7-8,10-11H2,1-3H3. The molecule has 1 aliphatic rings. The van der Waals surface area contributed by atoms with Crippen LogP contribution in [0.1, 0.15) is 25.3 Å². The molecule has 19 heavy (non-hydrogen) atoms. The number of piperidine rings is 1. The zero-order valence-corrected chi connectivity index (χ0v) is 12.8. The van der Waals surface area contributed by atoms with E-state index in [1.165, 1.54) is 11.3 Å². The first-order valence-electron chi connectivity index (χ1n) is 6.81. The molecule has 1 aromatic carbocycles. The summed E-state index contributed by atoms with van der Waals surface area (Å²) in [6, 6.07) is 6.14. The third kappa shape index (κ3) is 3.41. The normalized spacial score (nSPS) is 23.7. The van der Waals surface area contributed by atoms with Gasteiger partial charge in [-0.1, -0.05) is 11.6 Å². The summed E-state index contributed by atoms with van der Waals surface area (Å²) in [6.07, 6.45) is 2.28. The van der Waals surface area contributed by atoms with Gasteiger partial charge in [-0.2, -0.15) is 0 Å². The highest BCUT2D eigenvalue weighted by Gasteiger charge is 2.31. The smallest absolute Gasteiger partial charge is 0.0825 e. The number of methoxy groups -OCH3 is 1. The number of nitrogens with zero attached hydrogens (tertiary/aromatic N) is 1. The molecule has 0 aliphatic carbocycles. The van der Waals surface area contributed by atoms with E-state index in [1.807, 2.05) is 19.2 Å². The molecule has 0 radical (unpaired) electrons. The largest absolute Gasteiger partial charge is 0.377 e. The summed E-state index contributed by atoms with van der Waals surface area (Å²) in [5.74, 6) is 0. The summed E-state index contributed by atoms with van der Waals surface area (Å²) in [5, 5.41) is 4.00. The van der Waals surface area contributed by atoms with Crippen LogP contribution in [0.3, 0.4) is 0 Å². The van der Waals surface area contributed by atoms with Crippen LogP contribution in [0.15, 0.2) is 18.2 Å². The molecule has 4 heteroatoms. The number of nitrogens with one attached hydrogen (secondary N) is 1. The Morgan fingerprint density at radius 3 is 2.95 bits per heavy atom. The average Bonchev–Trinajstić information content (AvgIpc) is 2.39. The van der Waals surface area contributed by atoms with Crippen LogP contribution in [-0.2, 0) is 11.3 Å². The molecule has 1 fully saturated rings. The molecule has 0 spiro atoms. The molecule has 0 aromatic heterocycles. The van der Waals surface area contributed by atoms with Crippen molar-refractivity contribution in [2.24, 2.45) is 0 Å². The fourth-order valence-electron chi connectivity index (χ4n) is 2.77. The minimum Gasteiger partial charge on any atom is -0.377 e. The Labute approximate surface area is 120 Å². The van der Waals surface area contributed by atoms with Gasteiger partial charge in [-0.05, 0) is 50.6 Å². The molecule has 0 bridgehead atoms. The number of halogens is 1. The maximum absolute atomic E-state index is 6.10. The van der Waals surface area contributed by atoms with Crippen molar-refractivity contribution in [1.29, 1.82) is 0 Å². The zero-order chi connectivity index (χ0) is 13.9. The van der Waals surface area contributed by atoms with Crippen LogP contribution in [-0.4, -0.2) is 32.8 Å². The lowest BCUT2D eigenvalue weighted by Crippen LogP contribution is -2.47. The van der Waals surface area contributed by atoms with Crippen molar-refractivity contribution in [3.63, 3.8) is 0 Å². The predicted octanol–water partition coefficient (Wildman–Crippen LogP) is 3.06. The monoisotopic (exact) mass is 282 g/mol. The fraction of sp³-hybridized carbons (Fsp3) is 0.600. The lowest BCUT2D eigenvalue weighted by atomic mass is 9.94. The van der Waals surface area contributed by atoms with E-state index in [2.05, 4.69) is 23.2 Å². The van der Waals surface area contributed by atoms with E-state index in [0.29, 0.717) is 0 Å². The van der Waals surface area contributed by atoms with Crippen LogP contribution in [0.25, 0.3) is 0 Å². The quantitative estimate of drug-likeness (QED) is 0.919. The summed E-state index contributed by atoms with van der Waals surface area (Å²) >= 11 is 6.10. The molecule has 1 saturated heterocycles. The number of ether oxygens (including phenoxy) is 1. The molecule has 1 N–H and O–H groups in total. The van der Waals surface area contributed by atoms with Gasteiger partial charge in [-0.15, -0.1) is 0 Å². The Bertz CT molecular complexity index is 438. The van der Waals surface area contributed by atoms with Crippen molar-refractivity contribution >= 4 is 17.3 Å². The van der Waals surface area contributed by atoms with Gasteiger partial charge in [-0.25, -0.2) is 0 Å². The topological polar surface area (TPSA) is 24.5 Å². The molecule has 0 amide bonds. The highest BCUT2D eigenvalue weighted by atomic mass is 35.5. The Hall–Kier alpha value is -0.770. The van der Waals surface area contributed by atoms with Gasteiger partial charge < -0.3 is 15.0 Å². The van der Waals surface area contributed by atoms with E-state index < -0.39 is 0 Å². The van der Waals surface area contributed by atoms with Gasteiger partial charge in [-0.3, -0.25) is 0 Å². The Kier molecular flexibility index (Phi) is 4.71. The molecule has 3 nitrogen and oxygen atoms in total. The number of hydrogen-bond acceptors (Lipinski definition) is 3. The third-order valence-corrected chi connectivity index (χ3v) is 4.14. The average molecular weight is 283 g/mol. The summed E-state index contributed by atoms with van der Waals surface area (Å²) in [7, 11) is 3.76. The molecule has 1 atom stereocenters. The van der Waals surface area contributed by atoms with E-state index >= 15 is 0 Å². The van der Waals surface area contributed by atoms with Crippen LogP contribution in [0.5, 0.6) is 0 Å². The second-order valence-corrected chi connectivity index (χ2v) is 5.92. The van der Waals surface area contributed by atoms with Gasteiger partial charge >= 0.3 is 0 Å². The Morgan fingerprint density at radius 2 is 2.26 bits per heavy atom. The first kappa shape index (κ1) is 14.6. The van der Waals surface area contributed by atoms with Gasteiger partial charge in [0.15, 0.2) is 0 Å². The summed E-state index contributed by atoms with van der Waals surface area (Å²) in [5.41, 5.74) is 2.46. The highest BCUT2D eigenvalue weighted by molar-refractivity contribution is 6.30. The van der Waals surface area contributed by atoms with E-state index in [1.54, 1.807) is 7.11 Å². The van der Waals surface area contributed by atoms with Gasteiger partial charge in [0.05, 0.1) is 5.60 Å². The summed E-state index contributed by atoms with van der Waals surface area (Å²) in [4.78, 5) is 2.41. The molecular formula is C15H23ClN2O. The molecule has 2 rings (SSSR count). The fourth-order valence-corrected chi connectivity index (χ4v) is 2.97. The van der Waals surface area contributed by atoms with Gasteiger partial charge in [0.1, 0.15) is 0 Å². The van der Waals surface area contributed by atoms with E-state index in [4.69, 9.17) is 16.3 Å². The second-order valence-electron chi connectivity index (χ2n) is 5.48. The van der Waals surface area contributed by atoms with Gasteiger partial charge in [0.25, 0.3) is 0 Å². The predicted molar refractivity (Wildman–Crippen MR) is 81.1 cm³/mol. The summed E-state index contributed by atoms with van der Waals surface area (Å²) in [6.45, 7) is 5.03. The maximum Gasteiger partial charge on any atom is 0.0825 e. The van der Waals surface area contributed by atoms with Crippen molar-refractivity contribution in [2.75, 3.05) is 32.1 Å². The van der Waals surface area contributed by atoms with E-state index in [-0.39, 0.29) is 5.60 Å². The van der Waals surface area contributed by atoms with Crippen molar-refractivity contribution in [3.8, 4) is 0 Å². The minimum atomic E-state index is -0.0468. The number of benzene rings is 1. The van der Waals surface area contributed by atoms with E-state index in [0.717, 1.165) is 37.5 Å². The molecule has 1 unspecified atom stereocenters. The lowest BCUT2D eigenvalue weighted by molar-refractivity contribution is -0.00468. The van der Waals surface area contributed by atoms with Gasteiger partial charge in [0.2, 0.25) is 0 Å². The molecular weight excluding hydrogens is 260 g/mol. The van der Waals surface area contributed by atoms with Crippen molar-refractivity contribution in [2.45, 2.75) is 31.9 Å². The number of hydrogen-bond donors (Lipinski definition) is 1. The molecule has 106 valence electrons. The third-order valence-electron chi connectivity index (χ3n) is 3.90. The molecule has 1 heterocycles. The highest BCUT2D eigenvalue weighted by Crippen LogP contribution is 2.31. The first-order chi connectivity index (χ1) is 9.08. The van der Waals surface area contributed by atoms with Crippen LogP contribution in [0, 0.1) is 0 Å². The SMILES string of the molecule is CNCc1cc(Cl)ccc1N1CCCC(C)(OC)C1. The minimum absolute atomic E-state index is 0.0468. The van der Waals surface area contributed by atoms with Crippen molar-refractivity contribution < 1.29 is 4.74 Å². The second kappa shape index (κ2) is 6.12. The lowest BCUT2D eigenvalue weighted by Gasteiger charge is -2.41. The van der Waals surface area contributed by atoms with Crippen molar-refractivity contribution in [3.05, 3.63) is 28.8 Å². The van der Waals surface area contributed by atoms with E-state index in [9.17, 15) is 0 Å². The first-order valence-corrected chi connectivity index (χ1v) is 7.19. The summed E-state index contributed by atoms with van der Waals surface area (Å²) < 4.78 is 5.67. The molecule has 1 aliphatic heterocycles. The Balaban J connectivity index is 2.25. The number of rotatable bonds is 4.